The van der Waals surface area contributed by atoms with Gasteiger partial charge in [-0.15, -0.1) is 0 Å². The highest BCUT2D eigenvalue weighted by molar-refractivity contribution is 5.70. The van der Waals surface area contributed by atoms with Crippen molar-refractivity contribution in [2.75, 3.05) is 11.9 Å². The highest BCUT2D eigenvalue weighted by Gasteiger charge is 2.31. The zero-order valence-corrected chi connectivity index (χ0v) is 11.0. The van der Waals surface area contributed by atoms with Crippen LogP contribution in [0.15, 0.2) is 42.5 Å². The monoisotopic (exact) mass is 277 g/mol. The second-order valence-corrected chi connectivity index (χ2v) is 5.03. The molecule has 104 valence electrons. The lowest BCUT2D eigenvalue weighted by Crippen LogP contribution is -2.12. The number of benzene rings is 2. The van der Waals surface area contributed by atoms with E-state index in [-0.39, 0.29) is 0 Å². The fraction of sp³-hybridized carbons (Fsp3) is 0.250. The van der Waals surface area contributed by atoms with Crippen molar-refractivity contribution in [1.29, 1.82) is 0 Å². The maximum absolute atomic E-state index is 12.8. The van der Waals surface area contributed by atoms with Gasteiger partial charge in [0.1, 0.15) is 0 Å². The Morgan fingerprint density at radius 3 is 2.30 bits per heavy atom. The lowest BCUT2D eigenvalue weighted by Gasteiger charge is -2.22. The molecule has 2 aromatic rings. The lowest BCUT2D eigenvalue weighted by molar-refractivity contribution is -0.137. The van der Waals surface area contributed by atoms with Gasteiger partial charge in [0.25, 0.3) is 0 Å². The molecule has 0 saturated heterocycles. The molecule has 1 aliphatic heterocycles. The number of halogens is 3. The Morgan fingerprint density at radius 2 is 1.55 bits per heavy atom. The molecule has 1 heterocycles. The van der Waals surface area contributed by atoms with Crippen molar-refractivity contribution in [2.45, 2.75) is 19.0 Å². The highest BCUT2D eigenvalue weighted by Crippen LogP contribution is 2.38. The minimum Gasteiger partial charge on any atom is -0.344 e. The average Bonchev–Trinajstić information content (AvgIpc) is 2.56. The molecule has 0 radical (unpaired) electrons. The second-order valence-electron chi connectivity index (χ2n) is 5.03. The molecule has 4 heteroatoms. The molecule has 1 aliphatic rings. The molecule has 0 amide bonds. The van der Waals surface area contributed by atoms with E-state index in [2.05, 4.69) is 0 Å². The number of alkyl halides is 3. The zero-order chi connectivity index (χ0) is 14.3. The van der Waals surface area contributed by atoms with E-state index >= 15 is 0 Å². The van der Waals surface area contributed by atoms with Crippen LogP contribution in [0.4, 0.5) is 24.5 Å². The van der Waals surface area contributed by atoms with Crippen molar-refractivity contribution in [3.8, 4) is 0 Å². The van der Waals surface area contributed by atoms with Crippen LogP contribution in [0.25, 0.3) is 0 Å². The SMILES string of the molecule is CN1c2ccccc2CCc2cc(C(F)(F)F)ccc21. The van der Waals surface area contributed by atoms with Crippen LogP contribution >= 0.6 is 0 Å². The normalized spacial score (nSPS) is 14.5. The number of hydrogen-bond donors (Lipinski definition) is 0. The van der Waals surface area contributed by atoms with Gasteiger partial charge in [-0.25, -0.2) is 0 Å². The number of para-hydroxylation sites is 1. The topological polar surface area (TPSA) is 3.24 Å². The fourth-order valence-corrected chi connectivity index (χ4v) is 2.74. The van der Waals surface area contributed by atoms with Crippen LogP contribution in [-0.2, 0) is 19.0 Å². The van der Waals surface area contributed by atoms with Crippen LogP contribution in [0.1, 0.15) is 16.7 Å². The summed E-state index contributed by atoms with van der Waals surface area (Å²) in [5, 5.41) is 0. The molecule has 0 saturated carbocycles. The number of aryl methyl sites for hydroxylation is 2. The highest BCUT2D eigenvalue weighted by atomic mass is 19.4. The molecule has 0 atom stereocenters. The van der Waals surface area contributed by atoms with Gasteiger partial charge in [-0.3, -0.25) is 0 Å². The summed E-state index contributed by atoms with van der Waals surface area (Å²) in [5.74, 6) is 0. The minimum absolute atomic E-state index is 0.574. The summed E-state index contributed by atoms with van der Waals surface area (Å²) in [7, 11) is 1.90. The first-order valence-corrected chi connectivity index (χ1v) is 6.48. The van der Waals surface area contributed by atoms with E-state index in [1.54, 1.807) is 6.07 Å². The van der Waals surface area contributed by atoms with Gasteiger partial charge >= 0.3 is 6.18 Å². The van der Waals surface area contributed by atoms with Gasteiger partial charge in [-0.2, -0.15) is 13.2 Å². The molecule has 20 heavy (non-hydrogen) atoms. The fourth-order valence-electron chi connectivity index (χ4n) is 2.74. The van der Waals surface area contributed by atoms with E-state index in [1.165, 1.54) is 11.6 Å². The Kier molecular flexibility index (Phi) is 2.96. The number of anilines is 2. The standard InChI is InChI=1S/C16H14F3N/c1-20-14-5-3-2-4-11(14)6-7-12-10-13(16(17,18)19)8-9-15(12)20/h2-5,8-10H,6-7H2,1H3. The van der Waals surface area contributed by atoms with Crippen molar-refractivity contribution >= 4 is 11.4 Å². The van der Waals surface area contributed by atoms with Gasteiger partial charge < -0.3 is 4.90 Å². The molecule has 0 bridgehead atoms. The molecule has 0 N–H and O–H groups in total. The summed E-state index contributed by atoms with van der Waals surface area (Å²) >= 11 is 0. The third-order valence-corrected chi connectivity index (χ3v) is 3.78. The first-order chi connectivity index (χ1) is 9.47. The number of hydrogen-bond acceptors (Lipinski definition) is 1. The van der Waals surface area contributed by atoms with Crippen molar-refractivity contribution in [1.82, 2.24) is 0 Å². The molecular formula is C16H14F3N. The van der Waals surface area contributed by atoms with Gasteiger partial charge in [-0.05, 0) is 48.2 Å². The van der Waals surface area contributed by atoms with Crippen LogP contribution in [0.3, 0.4) is 0 Å². The van der Waals surface area contributed by atoms with Crippen molar-refractivity contribution < 1.29 is 13.2 Å². The van der Waals surface area contributed by atoms with Gasteiger partial charge in [0.05, 0.1) is 5.56 Å². The Bertz CT molecular complexity index is 646. The van der Waals surface area contributed by atoms with Crippen molar-refractivity contribution in [3.05, 3.63) is 59.2 Å². The Balaban J connectivity index is 2.09. The number of nitrogens with zero attached hydrogens (tertiary/aromatic N) is 1. The third-order valence-electron chi connectivity index (χ3n) is 3.78. The van der Waals surface area contributed by atoms with E-state index in [0.29, 0.717) is 6.42 Å². The Morgan fingerprint density at radius 1 is 0.900 bits per heavy atom. The molecule has 1 nitrogen and oxygen atoms in total. The summed E-state index contributed by atoms with van der Waals surface area (Å²) in [6.07, 6.45) is -2.90. The zero-order valence-electron chi connectivity index (χ0n) is 11.0. The van der Waals surface area contributed by atoms with Crippen molar-refractivity contribution in [2.24, 2.45) is 0 Å². The molecule has 0 spiro atoms. The summed E-state index contributed by atoms with van der Waals surface area (Å²) < 4.78 is 38.4. The predicted octanol–water partition coefficient (Wildman–Crippen LogP) is 4.57. The third kappa shape index (κ3) is 2.15. The smallest absolute Gasteiger partial charge is 0.344 e. The molecule has 0 aliphatic carbocycles. The largest absolute Gasteiger partial charge is 0.416 e. The quantitative estimate of drug-likeness (QED) is 0.681. The number of rotatable bonds is 0. The van der Waals surface area contributed by atoms with Gasteiger partial charge in [-0.1, -0.05) is 18.2 Å². The van der Waals surface area contributed by atoms with Crippen molar-refractivity contribution in [3.63, 3.8) is 0 Å². The van der Waals surface area contributed by atoms with E-state index in [0.717, 1.165) is 29.4 Å². The lowest BCUT2D eigenvalue weighted by atomic mass is 10.0. The first kappa shape index (κ1) is 13.0. The van der Waals surface area contributed by atoms with E-state index in [4.69, 9.17) is 0 Å². The molecule has 2 aromatic carbocycles. The Hall–Kier alpha value is -1.97. The van der Waals surface area contributed by atoms with Crippen LogP contribution < -0.4 is 4.90 Å². The summed E-state index contributed by atoms with van der Waals surface area (Å²) in [6.45, 7) is 0. The van der Waals surface area contributed by atoms with Gasteiger partial charge in [0.15, 0.2) is 0 Å². The number of fused-ring (bicyclic) bond motifs is 2. The summed E-state index contributed by atoms with van der Waals surface area (Å²) in [4.78, 5) is 1.97. The first-order valence-electron chi connectivity index (χ1n) is 6.48. The summed E-state index contributed by atoms with van der Waals surface area (Å²) in [6, 6.07) is 11.9. The van der Waals surface area contributed by atoms with Crippen LogP contribution in [0, 0.1) is 0 Å². The maximum atomic E-state index is 12.8. The van der Waals surface area contributed by atoms with Gasteiger partial charge in [0.2, 0.25) is 0 Å². The molecule has 0 fully saturated rings. The molecule has 0 unspecified atom stereocenters. The van der Waals surface area contributed by atoms with E-state index < -0.39 is 11.7 Å². The van der Waals surface area contributed by atoms with Crippen LogP contribution in [0.2, 0.25) is 0 Å². The maximum Gasteiger partial charge on any atom is 0.416 e. The molecule has 0 aromatic heterocycles. The van der Waals surface area contributed by atoms with Gasteiger partial charge in [0, 0.05) is 18.4 Å². The summed E-state index contributed by atoms with van der Waals surface area (Å²) in [5.41, 5.74) is 3.25. The average molecular weight is 277 g/mol. The van der Waals surface area contributed by atoms with Crippen LogP contribution in [-0.4, -0.2) is 7.05 Å². The second kappa shape index (κ2) is 4.54. The molecular weight excluding hydrogens is 263 g/mol. The van der Waals surface area contributed by atoms with Crippen LogP contribution in [0.5, 0.6) is 0 Å². The van der Waals surface area contributed by atoms with E-state index in [1.807, 2.05) is 36.2 Å². The molecule has 3 rings (SSSR count). The predicted molar refractivity (Wildman–Crippen MR) is 73.4 cm³/mol. The minimum atomic E-state index is -4.28. The Labute approximate surface area is 115 Å². The van der Waals surface area contributed by atoms with E-state index in [9.17, 15) is 13.2 Å².